The molecule has 0 radical (unpaired) electrons. The summed E-state index contributed by atoms with van der Waals surface area (Å²) in [5.41, 5.74) is 2.32. The van der Waals surface area contributed by atoms with E-state index in [9.17, 15) is 14.7 Å². The molecule has 0 bridgehead atoms. The van der Waals surface area contributed by atoms with Crippen LogP contribution in [0.4, 0.5) is 5.69 Å². The standard InChI is InChI=1S/C25H28ClN3O4/c1-27(2)20-9-5-17(6-10-20)22-21(23(30)18-3-7-19(26)8-4-18)24(31)25(32)29(22)12-11-28-13-15-33-16-14-28/h3-10,22,30H,11-16H2,1-2H3/b23-21-. The molecule has 0 spiro atoms. The van der Waals surface area contributed by atoms with Crippen molar-refractivity contribution in [1.29, 1.82) is 0 Å². The number of likely N-dealkylation sites (tertiary alicyclic amines) is 1. The van der Waals surface area contributed by atoms with Crippen molar-refractivity contribution in [3.63, 3.8) is 0 Å². The molecule has 1 unspecified atom stereocenters. The summed E-state index contributed by atoms with van der Waals surface area (Å²) in [7, 11) is 3.90. The van der Waals surface area contributed by atoms with E-state index in [-0.39, 0.29) is 11.3 Å². The van der Waals surface area contributed by atoms with Crippen LogP contribution in [0.3, 0.4) is 0 Å². The molecule has 0 aromatic heterocycles. The number of halogens is 1. The molecule has 174 valence electrons. The Morgan fingerprint density at radius 3 is 2.27 bits per heavy atom. The average molecular weight is 470 g/mol. The molecule has 0 saturated carbocycles. The lowest BCUT2D eigenvalue weighted by atomic mass is 9.95. The molecular formula is C25H28ClN3O4. The van der Waals surface area contributed by atoms with Crippen LogP contribution in [0.2, 0.25) is 5.02 Å². The van der Waals surface area contributed by atoms with Crippen molar-refractivity contribution in [1.82, 2.24) is 9.80 Å². The van der Waals surface area contributed by atoms with Crippen LogP contribution in [0.25, 0.3) is 5.76 Å². The molecule has 2 saturated heterocycles. The first-order chi connectivity index (χ1) is 15.9. The van der Waals surface area contributed by atoms with Gasteiger partial charge in [-0.1, -0.05) is 23.7 Å². The lowest BCUT2D eigenvalue weighted by Crippen LogP contribution is -2.42. The molecule has 1 amide bonds. The number of amides is 1. The number of carbonyl (C=O) groups excluding carboxylic acids is 2. The third kappa shape index (κ3) is 4.90. The zero-order valence-electron chi connectivity index (χ0n) is 18.8. The molecule has 33 heavy (non-hydrogen) atoms. The van der Waals surface area contributed by atoms with E-state index >= 15 is 0 Å². The van der Waals surface area contributed by atoms with Crippen molar-refractivity contribution in [2.45, 2.75) is 6.04 Å². The van der Waals surface area contributed by atoms with Gasteiger partial charge in [-0.3, -0.25) is 14.5 Å². The fraction of sp³-hybridized carbons (Fsp3) is 0.360. The number of hydrogen-bond acceptors (Lipinski definition) is 6. The highest BCUT2D eigenvalue weighted by molar-refractivity contribution is 6.46. The molecular weight excluding hydrogens is 442 g/mol. The maximum absolute atomic E-state index is 13.1. The minimum absolute atomic E-state index is 0.0990. The van der Waals surface area contributed by atoms with E-state index in [4.69, 9.17) is 16.3 Å². The first kappa shape index (κ1) is 23.3. The zero-order chi connectivity index (χ0) is 23.5. The minimum atomic E-state index is -0.675. The number of rotatable bonds is 6. The van der Waals surface area contributed by atoms with Gasteiger partial charge in [-0.2, -0.15) is 0 Å². The number of ketones is 1. The Labute approximate surface area is 198 Å². The lowest BCUT2D eigenvalue weighted by Gasteiger charge is -2.31. The second-order valence-electron chi connectivity index (χ2n) is 8.44. The fourth-order valence-electron chi connectivity index (χ4n) is 4.25. The molecule has 7 nitrogen and oxygen atoms in total. The SMILES string of the molecule is CN(C)c1ccc(C2/C(=C(/O)c3ccc(Cl)cc3)C(=O)C(=O)N2CCN2CCOCC2)cc1. The van der Waals surface area contributed by atoms with Crippen molar-refractivity contribution in [2.75, 3.05) is 58.4 Å². The normalized spacial score (nSPS) is 20.9. The summed E-state index contributed by atoms with van der Waals surface area (Å²) >= 11 is 5.99. The highest BCUT2D eigenvalue weighted by atomic mass is 35.5. The van der Waals surface area contributed by atoms with E-state index in [1.165, 1.54) is 0 Å². The van der Waals surface area contributed by atoms with E-state index in [0.29, 0.717) is 36.9 Å². The molecule has 4 rings (SSSR count). The maximum atomic E-state index is 13.1. The summed E-state index contributed by atoms with van der Waals surface area (Å²) in [5, 5.41) is 11.6. The Bertz CT molecular complexity index is 1040. The number of nitrogens with zero attached hydrogens (tertiary/aromatic N) is 3. The molecule has 0 aliphatic carbocycles. The van der Waals surface area contributed by atoms with E-state index in [1.54, 1.807) is 29.2 Å². The van der Waals surface area contributed by atoms with Gasteiger partial charge in [0, 0.05) is 56.5 Å². The number of anilines is 1. The van der Waals surface area contributed by atoms with Gasteiger partial charge in [-0.15, -0.1) is 0 Å². The summed E-state index contributed by atoms with van der Waals surface area (Å²) in [6, 6.07) is 13.6. The van der Waals surface area contributed by atoms with Crippen LogP contribution in [0.15, 0.2) is 54.1 Å². The van der Waals surface area contributed by atoms with E-state index < -0.39 is 17.7 Å². The highest BCUT2D eigenvalue weighted by Gasteiger charge is 2.46. The molecule has 1 N–H and O–H groups in total. The highest BCUT2D eigenvalue weighted by Crippen LogP contribution is 2.39. The van der Waals surface area contributed by atoms with Crippen molar-refractivity contribution in [3.05, 3.63) is 70.3 Å². The number of morpholine rings is 1. The Morgan fingerprint density at radius 2 is 1.67 bits per heavy atom. The predicted molar refractivity (Wildman–Crippen MR) is 128 cm³/mol. The fourth-order valence-corrected chi connectivity index (χ4v) is 4.38. The van der Waals surface area contributed by atoms with Crippen LogP contribution in [-0.2, 0) is 14.3 Å². The average Bonchev–Trinajstić information content (AvgIpc) is 3.08. The second kappa shape index (κ2) is 9.95. The number of aliphatic hydroxyl groups excluding tert-OH is 1. The Morgan fingerprint density at radius 1 is 1.03 bits per heavy atom. The van der Waals surface area contributed by atoms with Gasteiger partial charge >= 0.3 is 0 Å². The number of hydrogen-bond donors (Lipinski definition) is 1. The van der Waals surface area contributed by atoms with Crippen molar-refractivity contribution in [3.8, 4) is 0 Å². The van der Waals surface area contributed by atoms with Gasteiger partial charge < -0.3 is 19.6 Å². The smallest absolute Gasteiger partial charge is 0.295 e. The zero-order valence-corrected chi connectivity index (χ0v) is 19.6. The molecule has 2 aromatic rings. The summed E-state index contributed by atoms with van der Waals surface area (Å²) in [6.45, 7) is 3.90. The first-order valence-corrected chi connectivity index (χ1v) is 11.4. The molecule has 2 aliphatic rings. The van der Waals surface area contributed by atoms with Gasteiger partial charge in [0.1, 0.15) is 5.76 Å². The van der Waals surface area contributed by atoms with Crippen LogP contribution in [0.5, 0.6) is 0 Å². The summed E-state index contributed by atoms with van der Waals surface area (Å²) in [6.07, 6.45) is 0. The van der Waals surface area contributed by atoms with Gasteiger partial charge in [-0.25, -0.2) is 0 Å². The predicted octanol–water partition coefficient (Wildman–Crippen LogP) is 3.16. The quantitative estimate of drug-likeness (QED) is 0.398. The monoisotopic (exact) mass is 469 g/mol. The number of carbonyl (C=O) groups is 2. The second-order valence-corrected chi connectivity index (χ2v) is 8.88. The molecule has 1 atom stereocenters. The topological polar surface area (TPSA) is 73.3 Å². The minimum Gasteiger partial charge on any atom is -0.507 e. The van der Waals surface area contributed by atoms with Crippen LogP contribution in [0, 0.1) is 0 Å². The van der Waals surface area contributed by atoms with Gasteiger partial charge in [0.2, 0.25) is 0 Å². The summed E-state index contributed by atoms with van der Waals surface area (Å²) < 4.78 is 5.41. The Kier molecular flexibility index (Phi) is 7.02. The molecule has 2 aromatic carbocycles. The molecule has 2 heterocycles. The van der Waals surface area contributed by atoms with Gasteiger partial charge in [-0.05, 0) is 42.0 Å². The largest absolute Gasteiger partial charge is 0.507 e. The number of aliphatic hydroxyl groups is 1. The number of ether oxygens (including phenoxy) is 1. The van der Waals surface area contributed by atoms with E-state index in [0.717, 1.165) is 24.3 Å². The van der Waals surface area contributed by atoms with Crippen LogP contribution >= 0.6 is 11.6 Å². The Hall–Kier alpha value is -2.87. The van der Waals surface area contributed by atoms with Crippen molar-refractivity contribution < 1.29 is 19.4 Å². The molecule has 2 aliphatic heterocycles. The third-order valence-electron chi connectivity index (χ3n) is 6.14. The first-order valence-electron chi connectivity index (χ1n) is 11.0. The molecule has 2 fully saturated rings. The van der Waals surface area contributed by atoms with E-state index in [1.807, 2.05) is 43.3 Å². The van der Waals surface area contributed by atoms with E-state index in [2.05, 4.69) is 4.90 Å². The van der Waals surface area contributed by atoms with Crippen molar-refractivity contribution in [2.24, 2.45) is 0 Å². The van der Waals surface area contributed by atoms with Gasteiger partial charge in [0.25, 0.3) is 11.7 Å². The third-order valence-corrected chi connectivity index (χ3v) is 6.40. The van der Waals surface area contributed by atoms with Crippen LogP contribution < -0.4 is 4.90 Å². The van der Waals surface area contributed by atoms with Crippen LogP contribution in [0.1, 0.15) is 17.2 Å². The maximum Gasteiger partial charge on any atom is 0.295 e. The van der Waals surface area contributed by atoms with Crippen molar-refractivity contribution >= 4 is 34.7 Å². The number of Topliss-reactive ketones (excluding diaryl/α,β-unsaturated/α-hetero) is 1. The molecule has 8 heteroatoms. The lowest BCUT2D eigenvalue weighted by molar-refractivity contribution is -0.140. The van der Waals surface area contributed by atoms with Gasteiger partial charge in [0.05, 0.1) is 24.8 Å². The summed E-state index contributed by atoms with van der Waals surface area (Å²) in [5.74, 6) is -1.47. The Balaban J connectivity index is 1.73. The summed E-state index contributed by atoms with van der Waals surface area (Å²) in [4.78, 5) is 32.0. The number of benzene rings is 2. The van der Waals surface area contributed by atoms with Gasteiger partial charge in [0.15, 0.2) is 0 Å². The van der Waals surface area contributed by atoms with Crippen LogP contribution in [-0.4, -0.2) is 80.1 Å².